The van der Waals surface area contributed by atoms with Crippen molar-refractivity contribution < 1.29 is 18.7 Å². The summed E-state index contributed by atoms with van der Waals surface area (Å²) in [6.45, 7) is 0. The summed E-state index contributed by atoms with van der Waals surface area (Å²) >= 11 is 5.01. The van der Waals surface area contributed by atoms with E-state index in [0.29, 0.717) is 17.1 Å². The molecule has 2 rings (SSSR count). The van der Waals surface area contributed by atoms with Crippen molar-refractivity contribution in [3.05, 3.63) is 53.8 Å². The maximum absolute atomic E-state index is 13.5. The summed E-state index contributed by atoms with van der Waals surface area (Å²) in [4.78, 5) is 12.2. The fraction of sp³-hybridized carbons (Fsp3) is 0.125. The van der Waals surface area contributed by atoms with Gasteiger partial charge < -0.3 is 14.8 Å². The molecule has 0 fully saturated rings. The molecule has 24 heavy (non-hydrogen) atoms. The van der Waals surface area contributed by atoms with E-state index in [9.17, 15) is 9.18 Å². The standard InChI is InChI=1S/C16H16FN3O3S/c1-22-10-7-8-11(14(9-10)23-2)15(21)19-20-16(24)18-13-6-4-3-5-12(13)17/h3-9H,1-2H3,(H,19,21)(H2,18,20,24). The zero-order chi connectivity index (χ0) is 17.5. The normalized spacial score (nSPS) is 9.79. The van der Waals surface area contributed by atoms with Crippen molar-refractivity contribution in [1.82, 2.24) is 10.9 Å². The second-order valence-electron chi connectivity index (χ2n) is 4.58. The molecule has 1 amide bonds. The average Bonchev–Trinajstić information content (AvgIpc) is 2.61. The molecule has 6 nitrogen and oxygen atoms in total. The lowest BCUT2D eigenvalue weighted by atomic mass is 10.2. The Kier molecular flexibility index (Phi) is 5.91. The van der Waals surface area contributed by atoms with E-state index in [2.05, 4.69) is 16.2 Å². The molecule has 0 aliphatic carbocycles. The van der Waals surface area contributed by atoms with E-state index in [-0.39, 0.29) is 10.8 Å². The van der Waals surface area contributed by atoms with Crippen molar-refractivity contribution in [2.75, 3.05) is 19.5 Å². The van der Waals surface area contributed by atoms with Gasteiger partial charge in [-0.1, -0.05) is 12.1 Å². The van der Waals surface area contributed by atoms with Gasteiger partial charge in [0.2, 0.25) is 0 Å². The highest BCUT2D eigenvalue weighted by Crippen LogP contribution is 2.24. The molecule has 0 bridgehead atoms. The Bertz CT molecular complexity index is 755. The van der Waals surface area contributed by atoms with Crippen molar-refractivity contribution in [3.8, 4) is 11.5 Å². The van der Waals surface area contributed by atoms with Gasteiger partial charge in [0.05, 0.1) is 25.5 Å². The predicted octanol–water partition coefficient (Wildman–Crippen LogP) is 2.47. The first-order valence-corrected chi connectivity index (χ1v) is 7.30. The molecule has 0 heterocycles. The molecule has 0 spiro atoms. The Hall–Kier alpha value is -2.87. The van der Waals surface area contributed by atoms with Crippen LogP contribution in [0.1, 0.15) is 10.4 Å². The van der Waals surface area contributed by atoms with Crippen LogP contribution >= 0.6 is 12.2 Å². The monoisotopic (exact) mass is 349 g/mol. The molecule has 0 radical (unpaired) electrons. The van der Waals surface area contributed by atoms with Gasteiger partial charge in [0.1, 0.15) is 17.3 Å². The Morgan fingerprint density at radius 3 is 2.50 bits per heavy atom. The minimum absolute atomic E-state index is 0.0425. The Labute approximate surface area is 143 Å². The van der Waals surface area contributed by atoms with E-state index >= 15 is 0 Å². The van der Waals surface area contributed by atoms with Crippen LogP contribution in [0, 0.1) is 5.82 Å². The molecule has 126 valence electrons. The van der Waals surface area contributed by atoms with Crippen molar-refractivity contribution in [2.45, 2.75) is 0 Å². The van der Waals surface area contributed by atoms with E-state index in [1.54, 1.807) is 30.3 Å². The third-order valence-electron chi connectivity index (χ3n) is 3.06. The van der Waals surface area contributed by atoms with E-state index in [1.165, 1.54) is 26.4 Å². The second kappa shape index (κ2) is 8.11. The van der Waals surface area contributed by atoms with Gasteiger partial charge in [-0.25, -0.2) is 4.39 Å². The first-order valence-electron chi connectivity index (χ1n) is 6.89. The summed E-state index contributed by atoms with van der Waals surface area (Å²) in [5, 5.41) is 2.69. The van der Waals surface area contributed by atoms with Gasteiger partial charge >= 0.3 is 0 Å². The van der Waals surface area contributed by atoms with Crippen LogP contribution in [0.15, 0.2) is 42.5 Å². The number of halogens is 1. The summed E-state index contributed by atoms with van der Waals surface area (Å²) in [5.74, 6) is -0.00767. The minimum Gasteiger partial charge on any atom is -0.497 e. The summed E-state index contributed by atoms with van der Waals surface area (Å²) in [7, 11) is 2.96. The number of anilines is 1. The van der Waals surface area contributed by atoms with Gasteiger partial charge in [0.15, 0.2) is 5.11 Å². The van der Waals surface area contributed by atoms with Crippen molar-refractivity contribution >= 4 is 28.9 Å². The van der Waals surface area contributed by atoms with Gasteiger partial charge in [-0.05, 0) is 36.5 Å². The zero-order valence-electron chi connectivity index (χ0n) is 13.1. The summed E-state index contributed by atoms with van der Waals surface area (Å²) in [6, 6.07) is 10.8. The second-order valence-corrected chi connectivity index (χ2v) is 4.99. The van der Waals surface area contributed by atoms with Crippen LogP contribution in [-0.4, -0.2) is 25.2 Å². The molecule has 2 aromatic rings. The number of para-hydroxylation sites is 1. The number of hydrogen-bond donors (Lipinski definition) is 3. The first-order chi connectivity index (χ1) is 11.5. The lowest BCUT2D eigenvalue weighted by Crippen LogP contribution is -2.43. The highest BCUT2D eigenvalue weighted by atomic mass is 32.1. The molecule has 0 aromatic heterocycles. The number of carbonyl (C=O) groups excluding carboxylic acids is 1. The lowest BCUT2D eigenvalue weighted by molar-refractivity contribution is 0.0941. The highest BCUT2D eigenvalue weighted by molar-refractivity contribution is 7.80. The van der Waals surface area contributed by atoms with Crippen LogP contribution in [-0.2, 0) is 0 Å². The first kappa shape index (κ1) is 17.5. The maximum atomic E-state index is 13.5. The van der Waals surface area contributed by atoms with Crippen LogP contribution in [0.2, 0.25) is 0 Å². The smallest absolute Gasteiger partial charge is 0.273 e. The molecule has 0 unspecified atom stereocenters. The van der Waals surface area contributed by atoms with Gasteiger partial charge in [-0.2, -0.15) is 0 Å². The van der Waals surface area contributed by atoms with Crippen LogP contribution in [0.5, 0.6) is 11.5 Å². The van der Waals surface area contributed by atoms with E-state index in [1.807, 2.05) is 0 Å². The molecule has 0 saturated carbocycles. The Morgan fingerprint density at radius 1 is 1.08 bits per heavy atom. The Balaban J connectivity index is 1.98. The van der Waals surface area contributed by atoms with Gasteiger partial charge in [-0.3, -0.25) is 15.6 Å². The number of nitrogens with one attached hydrogen (secondary N) is 3. The van der Waals surface area contributed by atoms with Gasteiger partial charge in [0.25, 0.3) is 5.91 Å². The van der Waals surface area contributed by atoms with Crippen molar-refractivity contribution in [1.29, 1.82) is 0 Å². The summed E-state index contributed by atoms with van der Waals surface area (Å²) in [6.07, 6.45) is 0. The van der Waals surface area contributed by atoms with Gasteiger partial charge in [0, 0.05) is 6.07 Å². The molecular formula is C16H16FN3O3S. The molecule has 0 atom stereocenters. The number of benzene rings is 2. The predicted molar refractivity (Wildman–Crippen MR) is 92.8 cm³/mol. The molecule has 8 heteroatoms. The van der Waals surface area contributed by atoms with Gasteiger partial charge in [-0.15, -0.1) is 0 Å². The topological polar surface area (TPSA) is 71.6 Å². The number of methoxy groups -OCH3 is 2. The third kappa shape index (κ3) is 4.32. The number of ether oxygens (including phenoxy) is 2. The number of thiocarbonyl (C=S) groups is 1. The number of amides is 1. The number of rotatable bonds is 4. The number of hydrogen-bond acceptors (Lipinski definition) is 4. The van der Waals surface area contributed by atoms with Crippen LogP contribution < -0.4 is 25.6 Å². The van der Waals surface area contributed by atoms with E-state index < -0.39 is 11.7 Å². The van der Waals surface area contributed by atoms with E-state index in [4.69, 9.17) is 21.7 Å². The SMILES string of the molecule is COc1ccc(C(=O)NNC(=S)Nc2ccccc2F)c(OC)c1. The maximum Gasteiger partial charge on any atom is 0.273 e. The van der Waals surface area contributed by atoms with Crippen LogP contribution in [0.25, 0.3) is 0 Å². The Morgan fingerprint density at radius 2 is 1.83 bits per heavy atom. The molecule has 0 saturated heterocycles. The quantitative estimate of drug-likeness (QED) is 0.582. The fourth-order valence-corrected chi connectivity index (χ4v) is 2.04. The zero-order valence-corrected chi connectivity index (χ0v) is 13.9. The average molecular weight is 349 g/mol. The van der Waals surface area contributed by atoms with Crippen molar-refractivity contribution in [2.24, 2.45) is 0 Å². The van der Waals surface area contributed by atoms with E-state index in [0.717, 1.165) is 0 Å². The van der Waals surface area contributed by atoms with Crippen molar-refractivity contribution in [3.63, 3.8) is 0 Å². The van der Waals surface area contributed by atoms with Crippen LogP contribution in [0.3, 0.4) is 0 Å². The fourth-order valence-electron chi connectivity index (χ4n) is 1.88. The molecule has 2 aromatic carbocycles. The minimum atomic E-state index is -0.466. The largest absolute Gasteiger partial charge is 0.497 e. The molecular weight excluding hydrogens is 333 g/mol. The molecule has 3 N–H and O–H groups in total. The number of carbonyl (C=O) groups is 1. The summed E-state index contributed by atoms with van der Waals surface area (Å²) < 4.78 is 23.8. The highest BCUT2D eigenvalue weighted by Gasteiger charge is 2.13. The van der Waals surface area contributed by atoms with Crippen LogP contribution in [0.4, 0.5) is 10.1 Å². The number of hydrazine groups is 1. The third-order valence-corrected chi connectivity index (χ3v) is 3.27. The molecule has 0 aliphatic rings. The summed E-state index contributed by atoms with van der Waals surface area (Å²) in [5.41, 5.74) is 5.41. The lowest BCUT2D eigenvalue weighted by Gasteiger charge is -2.14. The molecule has 0 aliphatic heterocycles.